The van der Waals surface area contributed by atoms with Gasteiger partial charge in [-0.05, 0) is 7.05 Å². The second-order valence-corrected chi connectivity index (χ2v) is 4.57. The first kappa shape index (κ1) is 13.8. The van der Waals surface area contributed by atoms with E-state index in [4.69, 9.17) is 9.29 Å². The van der Waals surface area contributed by atoms with Gasteiger partial charge in [-0.1, -0.05) is 0 Å². The lowest BCUT2D eigenvalue weighted by Gasteiger charge is -2.36. The van der Waals surface area contributed by atoms with Crippen molar-refractivity contribution in [3.05, 3.63) is 0 Å². The Bertz CT molecular complexity index is 307. The lowest BCUT2D eigenvalue weighted by Crippen LogP contribution is -2.55. The minimum absolute atomic E-state index is 0.0953. The Morgan fingerprint density at radius 2 is 2.12 bits per heavy atom. The number of likely N-dealkylation sites (N-methyl/N-ethyl adjacent to an activating group) is 1. The summed E-state index contributed by atoms with van der Waals surface area (Å²) in [4.78, 5) is 0. The van der Waals surface area contributed by atoms with Crippen molar-refractivity contribution in [2.75, 3.05) is 13.7 Å². The molecule has 96 valence electrons. The largest absolute Gasteiger partial charge is 0.397 e. The van der Waals surface area contributed by atoms with Crippen molar-refractivity contribution in [1.29, 1.82) is 0 Å². The molecule has 1 rings (SSSR count). The molecule has 0 amide bonds. The summed E-state index contributed by atoms with van der Waals surface area (Å²) in [6.45, 7) is -0.455. The fourth-order valence-electron chi connectivity index (χ4n) is 1.55. The Balaban J connectivity index is 2.48. The van der Waals surface area contributed by atoms with Gasteiger partial charge >= 0.3 is 10.4 Å². The van der Waals surface area contributed by atoms with E-state index in [1.807, 2.05) is 0 Å². The van der Waals surface area contributed by atoms with E-state index in [0.29, 0.717) is 0 Å². The van der Waals surface area contributed by atoms with Crippen molar-refractivity contribution >= 4 is 10.4 Å². The van der Waals surface area contributed by atoms with E-state index >= 15 is 0 Å². The fraction of sp³-hybridized carbons (Fsp3) is 1.00. The Labute approximate surface area is 93.1 Å². The van der Waals surface area contributed by atoms with Gasteiger partial charge in [0.1, 0.15) is 0 Å². The van der Waals surface area contributed by atoms with Crippen LogP contribution in [0.25, 0.3) is 0 Å². The molecular weight excluding hydrogens is 242 g/mol. The highest BCUT2D eigenvalue weighted by molar-refractivity contribution is 7.80. The van der Waals surface area contributed by atoms with Crippen LogP contribution in [0.1, 0.15) is 6.42 Å². The number of aliphatic hydroxyl groups is 2. The smallest absolute Gasteiger partial charge is 0.391 e. The first-order valence-electron chi connectivity index (χ1n) is 4.64. The van der Waals surface area contributed by atoms with E-state index in [2.05, 4.69) is 9.50 Å². The predicted molar refractivity (Wildman–Crippen MR) is 51.9 cm³/mol. The average molecular weight is 257 g/mol. The van der Waals surface area contributed by atoms with Crippen LogP contribution < -0.4 is 5.32 Å². The van der Waals surface area contributed by atoms with Crippen LogP contribution in [0.2, 0.25) is 0 Å². The van der Waals surface area contributed by atoms with Gasteiger partial charge in [-0.2, -0.15) is 8.42 Å². The SMILES string of the molecule is CNC1C(O)OC(COS(=O)(=O)O)C[C@@H]1O. The zero-order valence-electron chi connectivity index (χ0n) is 8.61. The van der Waals surface area contributed by atoms with E-state index in [9.17, 15) is 18.6 Å². The highest BCUT2D eigenvalue weighted by Gasteiger charge is 2.36. The molecule has 16 heavy (non-hydrogen) atoms. The molecule has 1 saturated heterocycles. The molecule has 0 aromatic heterocycles. The molecule has 0 radical (unpaired) electrons. The van der Waals surface area contributed by atoms with E-state index in [1.165, 1.54) is 0 Å². The Morgan fingerprint density at radius 1 is 1.50 bits per heavy atom. The van der Waals surface area contributed by atoms with Crippen molar-refractivity contribution in [3.8, 4) is 0 Å². The summed E-state index contributed by atoms with van der Waals surface area (Å²) in [7, 11) is -2.99. The highest BCUT2D eigenvalue weighted by Crippen LogP contribution is 2.19. The van der Waals surface area contributed by atoms with Crippen LogP contribution in [0.3, 0.4) is 0 Å². The van der Waals surface area contributed by atoms with Crippen molar-refractivity contribution in [1.82, 2.24) is 5.32 Å². The molecule has 0 spiro atoms. The van der Waals surface area contributed by atoms with Gasteiger partial charge in [0.25, 0.3) is 0 Å². The quantitative estimate of drug-likeness (QED) is 0.420. The van der Waals surface area contributed by atoms with E-state index < -0.39 is 41.5 Å². The van der Waals surface area contributed by atoms with Crippen LogP contribution in [-0.4, -0.2) is 61.4 Å². The van der Waals surface area contributed by atoms with E-state index in [1.54, 1.807) is 7.05 Å². The molecule has 0 aromatic rings. The van der Waals surface area contributed by atoms with Gasteiger partial charge in [0.15, 0.2) is 6.29 Å². The summed E-state index contributed by atoms with van der Waals surface area (Å²) < 4.78 is 38.0. The van der Waals surface area contributed by atoms with Crippen LogP contribution >= 0.6 is 0 Å². The van der Waals surface area contributed by atoms with Gasteiger partial charge in [0.2, 0.25) is 0 Å². The second-order valence-electron chi connectivity index (χ2n) is 3.48. The molecule has 1 aliphatic rings. The van der Waals surface area contributed by atoms with E-state index in [-0.39, 0.29) is 6.42 Å². The maximum absolute atomic E-state index is 10.3. The third-order valence-corrected chi connectivity index (χ3v) is 2.73. The molecule has 8 nitrogen and oxygen atoms in total. The minimum Gasteiger partial charge on any atom is -0.391 e. The molecule has 3 unspecified atom stereocenters. The van der Waals surface area contributed by atoms with Gasteiger partial charge in [0, 0.05) is 6.42 Å². The minimum atomic E-state index is -4.54. The van der Waals surface area contributed by atoms with Crippen LogP contribution in [0.15, 0.2) is 0 Å². The molecule has 0 bridgehead atoms. The number of nitrogens with one attached hydrogen (secondary N) is 1. The summed E-state index contributed by atoms with van der Waals surface area (Å²) in [5.74, 6) is 0. The van der Waals surface area contributed by atoms with Crippen LogP contribution in [0, 0.1) is 0 Å². The molecule has 0 aliphatic carbocycles. The van der Waals surface area contributed by atoms with Crippen LogP contribution in [-0.2, 0) is 19.3 Å². The topological polar surface area (TPSA) is 125 Å². The zero-order chi connectivity index (χ0) is 12.3. The van der Waals surface area contributed by atoms with Gasteiger partial charge in [-0.3, -0.25) is 4.55 Å². The number of hydrogen-bond donors (Lipinski definition) is 4. The second kappa shape index (κ2) is 5.36. The monoisotopic (exact) mass is 257 g/mol. The molecule has 0 aromatic carbocycles. The lowest BCUT2D eigenvalue weighted by atomic mass is 10.0. The average Bonchev–Trinajstić information content (AvgIpc) is 2.13. The molecule has 9 heteroatoms. The molecule has 4 N–H and O–H groups in total. The maximum Gasteiger partial charge on any atom is 0.397 e. The van der Waals surface area contributed by atoms with Crippen LogP contribution in [0.5, 0.6) is 0 Å². The highest BCUT2D eigenvalue weighted by atomic mass is 32.3. The van der Waals surface area contributed by atoms with Crippen molar-refractivity contribution < 1.29 is 32.1 Å². The van der Waals surface area contributed by atoms with Gasteiger partial charge in [0.05, 0.1) is 24.9 Å². The number of rotatable bonds is 4. The molecule has 1 aliphatic heterocycles. The van der Waals surface area contributed by atoms with Crippen molar-refractivity contribution in [2.24, 2.45) is 0 Å². The third kappa shape index (κ3) is 3.94. The molecule has 4 atom stereocenters. The maximum atomic E-state index is 10.3. The first-order valence-corrected chi connectivity index (χ1v) is 6.00. The fourth-order valence-corrected chi connectivity index (χ4v) is 1.87. The standard InChI is InChI=1S/C7H15NO7S/c1-8-6-5(9)2-4(15-7(6)10)3-14-16(11,12)13/h4-10H,2-3H2,1H3,(H,11,12,13)/t4?,5-,6?,7?/m0/s1. The summed E-state index contributed by atoms with van der Waals surface area (Å²) in [6.07, 6.45) is -2.85. The summed E-state index contributed by atoms with van der Waals surface area (Å²) in [5.41, 5.74) is 0. The molecular formula is C7H15NO7S. The van der Waals surface area contributed by atoms with Crippen LogP contribution in [0.4, 0.5) is 0 Å². The van der Waals surface area contributed by atoms with Gasteiger partial charge in [-0.25, -0.2) is 4.18 Å². The zero-order valence-corrected chi connectivity index (χ0v) is 9.42. The number of ether oxygens (including phenoxy) is 1. The molecule has 0 saturated carbocycles. The Hall–Kier alpha value is -0.290. The van der Waals surface area contributed by atoms with Gasteiger partial charge in [-0.15, -0.1) is 0 Å². The molecule has 1 fully saturated rings. The summed E-state index contributed by atoms with van der Waals surface area (Å²) >= 11 is 0. The summed E-state index contributed by atoms with van der Waals surface area (Å²) in [5, 5.41) is 21.7. The Morgan fingerprint density at radius 3 is 2.56 bits per heavy atom. The molecule has 1 heterocycles. The first-order chi connectivity index (χ1) is 7.33. The Kier molecular flexibility index (Phi) is 4.62. The third-order valence-electron chi connectivity index (χ3n) is 2.29. The predicted octanol–water partition coefficient (Wildman–Crippen LogP) is -2.14. The van der Waals surface area contributed by atoms with Crippen molar-refractivity contribution in [3.63, 3.8) is 0 Å². The normalized spacial score (nSPS) is 36.2. The number of hydrogen-bond acceptors (Lipinski definition) is 7. The van der Waals surface area contributed by atoms with E-state index in [0.717, 1.165) is 0 Å². The number of aliphatic hydroxyl groups excluding tert-OH is 2. The summed E-state index contributed by atoms with van der Waals surface area (Å²) in [6, 6.07) is -0.637. The van der Waals surface area contributed by atoms with Gasteiger partial charge < -0.3 is 20.3 Å². The lowest BCUT2D eigenvalue weighted by molar-refractivity contribution is -0.211. The van der Waals surface area contributed by atoms with Crippen molar-refractivity contribution in [2.45, 2.75) is 31.0 Å².